The second-order valence-corrected chi connectivity index (χ2v) is 21.3. The largest absolute Gasteiger partial charge is 0.310 e. The van der Waals surface area contributed by atoms with Crippen LogP contribution in [0.1, 0.15) is 107 Å². The van der Waals surface area contributed by atoms with E-state index in [-0.39, 0.29) is 10.8 Å². The molecule has 0 saturated carbocycles. The molecule has 69 heavy (non-hydrogen) atoms. The fourth-order valence-electron chi connectivity index (χ4n) is 13.4. The summed E-state index contributed by atoms with van der Waals surface area (Å²) in [4.78, 5) is 2.52. The van der Waals surface area contributed by atoms with Crippen molar-refractivity contribution in [2.45, 2.75) is 56.3 Å². The minimum Gasteiger partial charge on any atom is -0.310 e. The molecule has 13 rings (SSSR count). The van der Waals surface area contributed by atoms with Gasteiger partial charge in [0.25, 0.3) is 0 Å². The molecular weight excluding hydrogens is 850 g/mol. The van der Waals surface area contributed by atoms with Crippen molar-refractivity contribution in [1.82, 2.24) is 0 Å². The van der Waals surface area contributed by atoms with Gasteiger partial charge >= 0.3 is 0 Å². The molecular formula is C67H54NP. The van der Waals surface area contributed by atoms with E-state index in [2.05, 4.69) is 245 Å². The maximum atomic E-state index is 4.28. The molecule has 0 bridgehead atoms. The summed E-state index contributed by atoms with van der Waals surface area (Å²) in [7, 11) is 0.586. The van der Waals surface area contributed by atoms with E-state index in [1.54, 1.807) is 0 Å². The average molecular weight is 904 g/mol. The molecule has 0 saturated heterocycles. The van der Waals surface area contributed by atoms with E-state index < -0.39 is 5.41 Å². The van der Waals surface area contributed by atoms with Crippen molar-refractivity contribution in [2.24, 2.45) is 0 Å². The molecule has 0 N–H and O–H groups in total. The monoisotopic (exact) mass is 903 g/mol. The molecule has 4 aliphatic rings. The number of nitrogens with zero attached hydrogens (tertiary/aromatic N) is 1. The van der Waals surface area contributed by atoms with E-state index in [9.17, 15) is 0 Å². The molecule has 332 valence electrons. The van der Waals surface area contributed by atoms with Crippen molar-refractivity contribution in [3.05, 3.63) is 285 Å². The van der Waals surface area contributed by atoms with Gasteiger partial charge in [0, 0.05) is 27.6 Å². The number of anilines is 3. The van der Waals surface area contributed by atoms with Gasteiger partial charge in [0.1, 0.15) is 0 Å². The van der Waals surface area contributed by atoms with E-state index in [0.717, 1.165) is 30.6 Å². The van der Waals surface area contributed by atoms with Crippen molar-refractivity contribution in [3.63, 3.8) is 0 Å². The summed E-state index contributed by atoms with van der Waals surface area (Å²) in [5.41, 5.74) is 22.6. The Morgan fingerprint density at radius 2 is 1.16 bits per heavy atom. The van der Waals surface area contributed by atoms with Gasteiger partial charge in [0.15, 0.2) is 0 Å². The standard InChI is InChI=1S/C67H54NP/c1-5-49(64-50(6-2)51-23-11-19-34-62(51)69-64)46-37-41-48(42-38-46)68(47-39-35-45(36-40-47)44-21-8-7-9-22-44)61-33-20-32-60-63(61)52-24-10-12-25-53(52)67(60)58-30-17-15-28-56(58)66(57-29-16-18-31-59(57)67)43-65(3,4)54-26-13-14-27-55(54)66/h5-6,8,10-42,69H,2,7,9,43H2,1,3-4H3/b49-5-. The van der Waals surface area contributed by atoms with Crippen LogP contribution in [0.5, 0.6) is 0 Å². The van der Waals surface area contributed by atoms with Crippen LogP contribution in [0.4, 0.5) is 17.1 Å². The van der Waals surface area contributed by atoms with Crippen molar-refractivity contribution in [3.8, 4) is 11.1 Å². The number of rotatable bonds is 7. The summed E-state index contributed by atoms with van der Waals surface area (Å²) in [6.45, 7) is 11.3. The Balaban J connectivity index is 1.03. The zero-order chi connectivity index (χ0) is 46.5. The van der Waals surface area contributed by atoms with Gasteiger partial charge in [-0.2, -0.15) is 0 Å². The quantitative estimate of drug-likeness (QED) is 0.154. The molecule has 1 heterocycles. The highest BCUT2D eigenvalue weighted by molar-refractivity contribution is 7.39. The minimum atomic E-state index is -0.543. The van der Waals surface area contributed by atoms with Crippen LogP contribution in [0.3, 0.4) is 0 Å². The highest BCUT2D eigenvalue weighted by Gasteiger charge is 2.60. The Kier molecular flexibility index (Phi) is 9.56. The SMILES string of the molecule is C=Cc1c(/C(=C\C)c2ccc(N(c3ccc(C4=CCCC=C4)cc3)c3cccc4c3-c3ccccc3C43c4ccccc4C4(CC(C)(C)c5ccccc54)c4ccccc43)cc2)[pH]c2ccccc12. The van der Waals surface area contributed by atoms with Crippen molar-refractivity contribution in [1.29, 1.82) is 0 Å². The third kappa shape index (κ3) is 5.90. The van der Waals surface area contributed by atoms with Gasteiger partial charge in [-0.1, -0.05) is 209 Å². The number of hydrogen-bond acceptors (Lipinski definition) is 1. The Labute approximate surface area is 408 Å². The van der Waals surface area contributed by atoms with Crippen LogP contribution in [-0.2, 0) is 16.2 Å². The number of fused-ring (bicyclic) bond motifs is 14. The topological polar surface area (TPSA) is 3.24 Å². The van der Waals surface area contributed by atoms with Crippen LogP contribution < -0.4 is 4.90 Å². The van der Waals surface area contributed by atoms with E-state index in [1.807, 2.05) is 6.08 Å². The first kappa shape index (κ1) is 41.7. The summed E-state index contributed by atoms with van der Waals surface area (Å²) in [6, 6.07) is 72.1. The minimum absolute atomic E-state index is 0.00353. The van der Waals surface area contributed by atoms with Crippen LogP contribution >= 0.6 is 8.19 Å². The molecule has 9 aromatic rings. The van der Waals surface area contributed by atoms with Gasteiger partial charge in [-0.05, 0) is 150 Å². The molecule has 0 fully saturated rings. The fourth-order valence-corrected chi connectivity index (χ4v) is 15.0. The molecule has 0 amide bonds. The molecule has 2 heteroatoms. The highest BCUT2D eigenvalue weighted by atomic mass is 31.0. The van der Waals surface area contributed by atoms with Crippen LogP contribution in [0.25, 0.3) is 38.9 Å². The molecule has 0 aliphatic heterocycles. The molecule has 1 atom stereocenters. The Bertz CT molecular complexity index is 3600. The second-order valence-electron chi connectivity index (χ2n) is 20.0. The predicted molar refractivity (Wildman–Crippen MR) is 295 cm³/mol. The van der Waals surface area contributed by atoms with Gasteiger partial charge in [-0.15, -0.1) is 8.19 Å². The lowest BCUT2D eigenvalue weighted by atomic mass is 9.53. The Morgan fingerprint density at radius 1 is 0.580 bits per heavy atom. The molecule has 0 radical (unpaired) electrons. The fraction of sp³-hybridized carbons (Fsp3) is 0.134. The summed E-state index contributed by atoms with van der Waals surface area (Å²) in [5, 5.41) is 4.05. The lowest BCUT2D eigenvalue weighted by Gasteiger charge is -2.49. The number of allylic oxidation sites excluding steroid dienone is 5. The smallest absolute Gasteiger partial charge is 0.0720 e. The zero-order valence-corrected chi connectivity index (χ0v) is 40.6. The van der Waals surface area contributed by atoms with Crippen molar-refractivity contribution in [2.75, 3.05) is 4.90 Å². The first-order valence-corrected chi connectivity index (χ1v) is 25.7. The predicted octanol–water partition coefficient (Wildman–Crippen LogP) is 17.9. The second kappa shape index (κ2) is 15.8. The molecule has 2 spiro atoms. The Morgan fingerprint density at radius 3 is 1.81 bits per heavy atom. The lowest BCUT2D eigenvalue weighted by Crippen LogP contribution is -2.43. The number of benzene rings is 8. The summed E-state index contributed by atoms with van der Waals surface area (Å²) in [5.74, 6) is 0. The summed E-state index contributed by atoms with van der Waals surface area (Å²) >= 11 is 0. The first-order valence-electron chi connectivity index (χ1n) is 24.7. The number of hydrogen-bond donors (Lipinski definition) is 0. The van der Waals surface area contributed by atoms with E-state index in [0.29, 0.717) is 8.19 Å². The zero-order valence-electron chi connectivity index (χ0n) is 39.6. The third-order valence-corrected chi connectivity index (χ3v) is 17.6. The van der Waals surface area contributed by atoms with Crippen LogP contribution in [-0.4, -0.2) is 0 Å². The van der Waals surface area contributed by atoms with E-state index >= 15 is 0 Å². The molecule has 1 nitrogen and oxygen atoms in total. The molecule has 8 aromatic carbocycles. The molecule has 4 aliphatic carbocycles. The first-order chi connectivity index (χ1) is 33.9. The van der Waals surface area contributed by atoms with Crippen LogP contribution in [0, 0.1) is 0 Å². The highest BCUT2D eigenvalue weighted by Crippen LogP contribution is 2.68. The maximum Gasteiger partial charge on any atom is 0.0720 e. The van der Waals surface area contributed by atoms with Crippen LogP contribution in [0.2, 0.25) is 0 Å². The van der Waals surface area contributed by atoms with Gasteiger partial charge < -0.3 is 4.90 Å². The maximum absolute atomic E-state index is 4.28. The lowest BCUT2D eigenvalue weighted by molar-refractivity contribution is 0.429. The van der Waals surface area contributed by atoms with Gasteiger partial charge in [-0.25, -0.2) is 0 Å². The summed E-state index contributed by atoms with van der Waals surface area (Å²) in [6.07, 6.45) is 14.5. The van der Waals surface area contributed by atoms with Gasteiger partial charge in [0.05, 0.1) is 11.1 Å². The van der Waals surface area contributed by atoms with Gasteiger partial charge in [-0.3, -0.25) is 0 Å². The van der Waals surface area contributed by atoms with E-state index in [4.69, 9.17) is 0 Å². The molecule has 1 aromatic heterocycles. The normalized spacial score (nSPS) is 19.3. The van der Waals surface area contributed by atoms with Crippen molar-refractivity contribution >= 4 is 53.0 Å². The van der Waals surface area contributed by atoms with Crippen LogP contribution in [0.15, 0.2) is 219 Å². The third-order valence-electron chi connectivity index (χ3n) is 16.1. The Hall–Kier alpha value is -7.44. The van der Waals surface area contributed by atoms with Crippen molar-refractivity contribution < 1.29 is 0 Å². The summed E-state index contributed by atoms with van der Waals surface area (Å²) < 4.78 is 0. The molecule has 1 unspecified atom stereocenters. The van der Waals surface area contributed by atoms with E-state index in [1.165, 1.54) is 105 Å². The average Bonchev–Trinajstić information content (AvgIpc) is 4.01. The van der Waals surface area contributed by atoms with Gasteiger partial charge in [0.2, 0.25) is 0 Å².